The Bertz CT molecular complexity index is 1060. The second-order valence-corrected chi connectivity index (χ2v) is 8.87. The van der Waals surface area contributed by atoms with Gasteiger partial charge in [0, 0.05) is 12.2 Å². The Labute approximate surface area is 212 Å². The number of methoxy groups -OCH3 is 1. The van der Waals surface area contributed by atoms with Crippen LogP contribution in [-0.4, -0.2) is 99.5 Å². The molecule has 1 fully saturated rings. The molecule has 1 saturated heterocycles. The SMILES string of the molecule is COc1cc([C@@H]2Oc3cc(CCCO)cc(O)c3O[C@H]2CO)ccc1O[C@@H]1O[C@H](CO)[C@@H](O)[C@H](O)[C@H]1O. The molecule has 0 spiro atoms. The molecule has 2 aromatic carbocycles. The normalized spacial score (nSPS) is 29.1. The van der Waals surface area contributed by atoms with Gasteiger partial charge in [-0.1, -0.05) is 6.07 Å². The maximum absolute atomic E-state index is 10.4. The quantitative estimate of drug-likeness (QED) is 0.221. The van der Waals surface area contributed by atoms with Gasteiger partial charge in [-0.3, -0.25) is 0 Å². The van der Waals surface area contributed by atoms with E-state index < -0.39 is 56.1 Å². The molecular weight excluding hydrogens is 492 g/mol. The van der Waals surface area contributed by atoms with E-state index in [4.69, 9.17) is 28.8 Å². The highest BCUT2D eigenvalue weighted by atomic mass is 16.7. The predicted molar refractivity (Wildman–Crippen MR) is 126 cm³/mol. The molecule has 0 aliphatic carbocycles. The number of hydrogen-bond donors (Lipinski definition) is 7. The summed E-state index contributed by atoms with van der Waals surface area (Å²) in [4.78, 5) is 0. The van der Waals surface area contributed by atoms with Crippen LogP contribution in [0.15, 0.2) is 30.3 Å². The Morgan fingerprint density at radius 2 is 1.62 bits per heavy atom. The van der Waals surface area contributed by atoms with Gasteiger partial charge in [0.15, 0.2) is 35.2 Å². The van der Waals surface area contributed by atoms with Gasteiger partial charge in [-0.25, -0.2) is 0 Å². The summed E-state index contributed by atoms with van der Waals surface area (Å²) in [5.41, 5.74) is 1.29. The summed E-state index contributed by atoms with van der Waals surface area (Å²) < 4.78 is 28.5. The molecule has 2 aliphatic heterocycles. The molecular formula is C25H32O12. The summed E-state index contributed by atoms with van der Waals surface area (Å²) in [6, 6.07) is 7.95. The Morgan fingerprint density at radius 3 is 2.30 bits per heavy atom. The number of aromatic hydroxyl groups is 1. The van der Waals surface area contributed by atoms with Gasteiger partial charge in [0.1, 0.15) is 24.4 Å². The number of aryl methyl sites for hydroxylation is 1. The lowest BCUT2D eigenvalue weighted by Gasteiger charge is -2.39. The van der Waals surface area contributed by atoms with Crippen molar-refractivity contribution in [2.24, 2.45) is 0 Å². The van der Waals surface area contributed by atoms with E-state index in [2.05, 4.69) is 0 Å². The van der Waals surface area contributed by atoms with Crippen LogP contribution in [0.3, 0.4) is 0 Å². The second kappa shape index (κ2) is 11.7. The molecule has 4 rings (SSSR count). The molecule has 7 N–H and O–H groups in total. The summed E-state index contributed by atoms with van der Waals surface area (Å²) in [7, 11) is 1.39. The largest absolute Gasteiger partial charge is 0.504 e. The van der Waals surface area contributed by atoms with Gasteiger partial charge >= 0.3 is 0 Å². The average Bonchev–Trinajstić information content (AvgIpc) is 2.91. The van der Waals surface area contributed by atoms with Crippen LogP contribution in [0.1, 0.15) is 23.7 Å². The molecule has 12 nitrogen and oxygen atoms in total. The highest BCUT2D eigenvalue weighted by Crippen LogP contribution is 2.46. The van der Waals surface area contributed by atoms with E-state index in [1.54, 1.807) is 18.2 Å². The first-order valence-electron chi connectivity index (χ1n) is 11.9. The van der Waals surface area contributed by atoms with Crippen LogP contribution in [0.4, 0.5) is 0 Å². The van der Waals surface area contributed by atoms with Crippen LogP contribution in [-0.2, 0) is 11.2 Å². The van der Waals surface area contributed by atoms with E-state index in [0.29, 0.717) is 18.4 Å². The molecule has 2 aromatic rings. The number of phenols is 1. The first-order chi connectivity index (χ1) is 17.8. The van der Waals surface area contributed by atoms with Crippen LogP contribution in [0.2, 0.25) is 0 Å². The number of phenolic OH excluding ortho intramolecular Hbond substituents is 1. The van der Waals surface area contributed by atoms with Crippen molar-refractivity contribution in [3.8, 4) is 28.7 Å². The number of aliphatic hydroxyl groups excluding tert-OH is 6. The van der Waals surface area contributed by atoms with Gasteiger partial charge in [0.2, 0.25) is 12.0 Å². The molecule has 204 valence electrons. The molecule has 37 heavy (non-hydrogen) atoms. The van der Waals surface area contributed by atoms with Crippen molar-refractivity contribution >= 4 is 0 Å². The number of rotatable bonds is 9. The maximum atomic E-state index is 10.4. The van der Waals surface area contributed by atoms with Crippen molar-refractivity contribution in [1.82, 2.24) is 0 Å². The zero-order chi connectivity index (χ0) is 26.7. The van der Waals surface area contributed by atoms with E-state index >= 15 is 0 Å². The standard InChI is InChI=1S/C25H32O12/c1-33-16-9-13(4-5-15(16)36-25-22(32)21(31)20(30)18(10-27)37-25)23-19(11-28)35-24-14(29)7-12(3-2-6-26)8-17(24)34-23/h4-5,7-9,18-23,25-32H,2-3,6,10-11H2,1H3/t18-,19+,20-,21+,22-,23+,25-/m1/s1. The summed E-state index contributed by atoms with van der Waals surface area (Å²) in [6.07, 6.45) is -7.87. The Kier molecular flexibility index (Phi) is 8.60. The zero-order valence-electron chi connectivity index (χ0n) is 20.1. The molecule has 0 saturated carbocycles. The van der Waals surface area contributed by atoms with Crippen LogP contribution in [0, 0.1) is 0 Å². The van der Waals surface area contributed by atoms with Crippen molar-refractivity contribution in [3.63, 3.8) is 0 Å². The number of benzene rings is 2. The van der Waals surface area contributed by atoms with Gasteiger partial charge in [0.25, 0.3) is 0 Å². The van der Waals surface area contributed by atoms with Gasteiger partial charge in [-0.15, -0.1) is 0 Å². The lowest BCUT2D eigenvalue weighted by atomic mass is 9.99. The lowest BCUT2D eigenvalue weighted by Crippen LogP contribution is -2.60. The van der Waals surface area contributed by atoms with Crippen LogP contribution < -0.4 is 18.9 Å². The van der Waals surface area contributed by atoms with Crippen molar-refractivity contribution < 1.29 is 59.4 Å². The summed E-state index contributed by atoms with van der Waals surface area (Å²) in [5, 5.41) is 69.1. The van der Waals surface area contributed by atoms with Crippen molar-refractivity contribution in [1.29, 1.82) is 0 Å². The topological polar surface area (TPSA) is 188 Å². The first kappa shape index (κ1) is 27.2. The third-order valence-electron chi connectivity index (χ3n) is 6.37. The molecule has 0 radical (unpaired) electrons. The van der Waals surface area contributed by atoms with E-state index in [1.807, 2.05) is 0 Å². The number of ether oxygens (including phenoxy) is 5. The van der Waals surface area contributed by atoms with Gasteiger partial charge in [0.05, 0.1) is 20.3 Å². The van der Waals surface area contributed by atoms with Crippen LogP contribution in [0.25, 0.3) is 0 Å². The smallest absolute Gasteiger partial charge is 0.229 e. The predicted octanol–water partition coefficient (Wildman–Crippen LogP) is -0.622. The molecule has 0 unspecified atom stereocenters. The van der Waals surface area contributed by atoms with Gasteiger partial charge in [-0.2, -0.15) is 0 Å². The molecule has 0 amide bonds. The third kappa shape index (κ3) is 5.55. The number of aliphatic hydroxyl groups is 6. The summed E-state index contributed by atoms with van der Waals surface area (Å²) >= 11 is 0. The molecule has 12 heteroatoms. The monoisotopic (exact) mass is 524 g/mol. The van der Waals surface area contributed by atoms with E-state index in [1.165, 1.54) is 19.2 Å². The lowest BCUT2D eigenvalue weighted by molar-refractivity contribution is -0.277. The summed E-state index contributed by atoms with van der Waals surface area (Å²) in [6.45, 7) is -1.01. The maximum Gasteiger partial charge on any atom is 0.229 e. The molecule has 2 heterocycles. The molecule has 7 atom stereocenters. The number of fused-ring (bicyclic) bond motifs is 1. The molecule has 0 aromatic heterocycles. The Hall–Kier alpha value is -2.84. The van der Waals surface area contributed by atoms with E-state index in [0.717, 1.165) is 5.56 Å². The van der Waals surface area contributed by atoms with Crippen molar-refractivity contribution in [2.45, 2.75) is 55.8 Å². The number of hydrogen-bond acceptors (Lipinski definition) is 12. The Morgan fingerprint density at radius 1 is 0.865 bits per heavy atom. The minimum atomic E-state index is -1.60. The van der Waals surface area contributed by atoms with Gasteiger partial charge < -0.3 is 59.4 Å². The fourth-order valence-electron chi connectivity index (χ4n) is 4.37. The van der Waals surface area contributed by atoms with E-state index in [9.17, 15) is 30.6 Å². The van der Waals surface area contributed by atoms with Crippen molar-refractivity contribution in [2.75, 3.05) is 26.9 Å². The highest BCUT2D eigenvalue weighted by Gasteiger charge is 2.45. The minimum absolute atomic E-state index is 0.00174. The van der Waals surface area contributed by atoms with Gasteiger partial charge in [-0.05, 0) is 42.7 Å². The first-order valence-corrected chi connectivity index (χ1v) is 11.9. The Balaban J connectivity index is 1.58. The fourth-order valence-corrected chi connectivity index (χ4v) is 4.37. The van der Waals surface area contributed by atoms with E-state index in [-0.39, 0.29) is 35.4 Å². The fraction of sp³-hybridized carbons (Fsp3) is 0.520. The summed E-state index contributed by atoms with van der Waals surface area (Å²) in [5.74, 6) is 0.598. The van der Waals surface area contributed by atoms with Crippen molar-refractivity contribution in [3.05, 3.63) is 41.5 Å². The second-order valence-electron chi connectivity index (χ2n) is 8.87. The van der Waals surface area contributed by atoms with Crippen LogP contribution >= 0.6 is 0 Å². The zero-order valence-corrected chi connectivity index (χ0v) is 20.1. The minimum Gasteiger partial charge on any atom is -0.504 e. The highest BCUT2D eigenvalue weighted by molar-refractivity contribution is 5.55. The molecule has 0 bridgehead atoms. The average molecular weight is 525 g/mol. The molecule has 2 aliphatic rings. The van der Waals surface area contributed by atoms with Crippen LogP contribution in [0.5, 0.6) is 28.7 Å². The third-order valence-corrected chi connectivity index (χ3v) is 6.37.